The Morgan fingerprint density at radius 2 is 1.72 bits per heavy atom. The van der Waals surface area contributed by atoms with E-state index in [-0.39, 0.29) is 11.9 Å². The summed E-state index contributed by atoms with van der Waals surface area (Å²) in [6, 6.07) is 17.6. The van der Waals surface area contributed by atoms with Crippen LogP contribution in [0.1, 0.15) is 32.3 Å². The Bertz CT molecular complexity index is 727. The third kappa shape index (κ3) is 4.82. The molecule has 1 fully saturated rings. The summed E-state index contributed by atoms with van der Waals surface area (Å²) in [5.41, 5.74) is 2.69. The average Bonchev–Trinajstić information content (AvgIpc) is 3.38. The van der Waals surface area contributed by atoms with Crippen molar-refractivity contribution in [2.45, 2.75) is 38.6 Å². The van der Waals surface area contributed by atoms with E-state index in [9.17, 15) is 0 Å². The van der Waals surface area contributed by atoms with Gasteiger partial charge in [0.25, 0.3) is 0 Å². The summed E-state index contributed by atoms with van der Waals surface area (Å²) in [4.78, 5) is 0. The molecule has 0 bridgehead atoms. The van der Waals surface area contributed by atoms with E-state index in [1.54, 1.807) is 0 Å². The van der Waals surface area contributed by atoms with Crippen LogP contribution < -0.4 is 4.74 Å². The second kappa shape index (κ2) is 7.69. The van der Waals surface area contributed by atoms with Crippen LogP contribution in [0.5, 0.6) is 5.75 Å². The van der Waals surface area contributed by atoms with Gasteiger partial charge in [-0.15, -0.1) is 0 Å². The van der Waals surface area contributed by atoms with Gasteiger partial charge < -0.3 is 14.2 Å². The van der Waals surface area contributed by atoms with Gasteiger partial charge in [0, 0.05) is 6.42 Å². The molecule has 2 aromatic rings. The first kappa shape index (κ1) is 17.5. The van der Waals surface area contributed by atoms with Crippen molar-refractivity contribution in [1.29, 1.82) is 5.26 Å². The molecule has 2 atom stereocenters. The third-order valence-electron chi connectivity index (χ3n) is 4.21. The predicted molar refractivity (Wildman–Crippen MR) is 96.2 cm³/mol. The lowest BCUT2D eigenvalue weighted by Crippen LogP contribution is -2.26. The number of hydrogen-bond acceptors (Lipinski definition) is 4. The predicted octanol–water partition coefficient (Wildman–Crippen LogP) is 4.54. The highest BCUT2D eigenvalue weighted by Crippen LogP contribution is 2.28. The quantitative estimate of drug-likeness (QED) is 0.524. The number of benzene rings is 2. The van der Waals surface area contributed by atoms with Crippen LogP contribution in [0.3, 0.4) is 0 Å². The summed E-state index contributed by atoms with van der Waals surface area (Å²) in [7, 11) is 0. The van der Waals surface area contributed by atoms with Crippen molar-refractivity contribution in [3.05, 3.63) is 54.1 Å². The molecular formula is C21H23NO3. The first-order valence-electron chi connectivity index (χ1n) is 8.65. The highest BCUT2D eigenvalue weighted by Gasteiger charge is 2.40. The smallest absolute Gasteiger partial charge is 0.199 e. The summed E-state index contributed by atoms with van der Waals surface area (Å²) in [6.07, 6.45) is 1.57. The van der Waals surface area contributed by atoms with Crippen LogP contribution in [0.15, 0.2) is 48.5 Å². The molecule has 0 aromatic heterocycles. The minimum atomic E-state index is -0.258. The number of ether oxygens (including phenoxy) is 3. The van der Waals surface area contributed by atoms with Gasteiger partial charge in [0.1, 0.15) is 11.4 Å². The Kier molecular flexibility index (Phi) is 5.37. The van der Waals surface area contributed by atoms with Gasteiger partial charge in [-0.1, -0.05) is 37.6 Å². The molecule has 3 rings (SSSR count). The lowest BCUT2D eigenvalue weighted by Gasteiger charge is -2.20. The van der Waals surface area contributed by atoms with E-state index in [4.69, 9.17) is 19.5 Å². The molecule has 1 saturated heterocycles. The molecule has 1 aliphatic heterocycles. The lowest BCUT2D eigenvalue weighted by molar-refractivity contribution is -0.0977. The summed E-state index contributed by atoms with van der Waals surface area (Å²) in [5.74, 6) is 0.790. The maximum absolute atomic E-state index is 8.87. The van der Waals surface area contributed by atoms with E-state index < -0.39 is 0 Å². The van der Waals surface area contributed by atoms with Crippen molar-refractivity contribution < 1.29 is 14.2 Å². The van der Waals surface area contributed by atoms with Gasteiger partial charge in [-0.3, -0.25) is 0 Å². The zero-order valence-corrected chi connectivity index (χ0v) is 14.7. The zero-order valence-electron chi connectivity index (χ0n) is 14.7. The van der Waals surface area contributed by atoms with E-state index >= 15 is 0 Å². The molecule has 2 aromatic carbocycles. The van der Waals surface area contributed by atoms with Crippen LogP contribution in [0.4, 0.5) is 0 Å². The van der Waals surface area contributed by atoms with Crippen molar-refractivity contribution in [2.75, 3.05) is 13.2 Å². The SMILES string of the molecule is CCCC(OCC1(C)CO1)Oc1ccc(-c2ccc(C#N)cc2)cc1. The van der Waals surface area contributed by atoms with Crippen molar-refractivity contribution in [2.24, 2.45) is 0 Å². The summed E-state index contributed by atoms with van der Waals surface area (Å²) < 4.78 is 17.2. The van der Waals surface area contributed by atoms with Crippen LogP contribution >= 0.6 is 0 Å². The number of epoxide rings is 1. The lowest BCUT2D eigenvalue weighted by atomic mass is 10.0. The van der Waals surface area contributed by atoms with Gasteiger partial charge in [-0.25, -0.2) is 0 Å². The van der Waals surface area contributed by atoms with Crippen molar-refractivity contribution in [3.8, 4) is 22.9 Å². The highest BCUT2D eigenvalue weighted by molar-refractivity contribution is 5.64. The Balaban J connectivity index is 1.62. The molecule has 130 valence electrons. The van der Waals surface area contributed by atoms with E-state index in [0.717, 1.165) is 36.3 Å². The van der Waals surface area contributed by atoms with Crippen molar-refractivity contribution in [3.63, 3.8) is 0 Å². The van der Waals surface area contributed by atoms with Crippen LogP contribution in [0.25, 0.3) is 11.1 Å². The van der Waals surface area contributed by atoms with E-state index in [1.807, 2.05) is 55.5 Å². The summed E-state index contributed by atoms with van der Waals surface area (Å²) in [5, 5.41) is 8.87. The first-order valence-corrected chi connectivity index (χ1v) is 8.65. The van der Waals surface area contributed by atoms with E-state index in [2.05, 4.69) is 13.0 Å². The molecule has 25 heavy (non-hydrogen) atoms. The molecular weight excluding hydrogens is 314 g/mol. The second-order valence-corrected chi connectivity index (χ2v) is 6.60. The number of nitriles is 1. The number of rotatable bonds is 8. The molecule has 0 aliphatic carbocycles. The third-order valence-corrected chi connectivity index (χ3v) is 4.21. The second-order valence-electron chi connectivity index (χ2n) is 6.60. The van der Waals surface area contributed by atoms with Crippen LogP contribution in [0, 0.1) is 11.3 Å². The molecule has 1 aliphatic rings. The van der Waals surface area contributed by atoms with Gasteiger partial charge in [0.2, 0.25) is 0 Å². The minimum absolute atomic E-state index is 0.130. The Morgan fingerprint density at radius 3 is 2.24 bits per heavy atom. The maximum Gasteiger partial charge on any atom is 0.199 e. The molecule has 0 radical (unpaired) electrons. The highest BCUT2D eigenvalue weighted by atomic mass is 16.7. The first-order chi connectivity index (χ1) is 12.1. The maximum atomic E-state index is 8.87. The van der Waals surface area contributed by atoms with E-state index in [1.165, 1.54) is 0 Å². The molecule has 1 heterocycles. The monoisotopic (exact) mass is 337 g/mol. The van der Waals surface area contributed by atoms with Crippen LogP contribution in [0.2, 0.25) is 0 Å². The fraction of sp³-hybridized carbons (Fsp3) is 0.381. The van der Waals surface area contributed by atoms with Crippen molar-refractivity contribution in [1.82, 2.24) is 0 Å². The minimum Gasteiger partial charge on any atom is -0.465 e. The van der Waals surface area contributed by atoms with E-state index in [0.29, 0.717) is 12.2 Å². The largest absolute Gasteiger partial charge is 0.465 e. The van der Waals surface area contributed by atoms with Gasteiger partial charge in [0.15, 0.2) is 6.29 Å². The van der Waals surface area contributed by atoms with Gasteiger partial charge in [-0.05, 0) is 42.3 Å². The molecule has 0 N–H and O–H groups in total. The van der Waals surface area contributed by atoms with Gasteiger partial charge in [-0.2, -0.15) is 5.26 Å². The fourth-order valence-electron chi connectivity index (χ4n) is 2.50. The number of nitrogens with zero attached hydrogens (tertiary/aromatic N) is 1. The average molecular weight is 337 g/mol. The topological polar surface area (TPSA) is 54.8 Å². The molecule has 2 unspecified atom stereocenters. The summed E-state index contributed by atoms with van der Waals surface area (Å²) in [6.45, 7) is 5.47. The normalized spacial score (nSPS) is 19.9. The van der Waals surface area contributed by atoms with Crippen LogP contribution in [-0.4, -0.2) is 25.1 Å². The molecule has 0 spiro atoms. The zero-order chi connectivity index (χ0) is 17.7. The molecule has 4 heteroatoms. The van der Waals surface area contributed by atoms with Crippen molar-refractivity contribution >= 4 is 0 Å². The fourth-order valence-corrected chi connectivity index (χ4v) is 2.50. The van der Waals surface area contributed by atoms with Crippen LogP contribution in [-0.2, 0) is 9.47 Å². The number of hydrogen-bond donors (Lipinski definition) is 0. The Labute approximate surface area is 149 Å². The molecule has 4 nitrogen and oxygen atoms in total. The van der Waals surface area contributed by atoms with Gasteiger partial charge >= 0.3 is 0 Å². The Hall–Kier alpha value is -2.35. The van der Waals surface area contributed by atoms with Gasteiger partial charge in [0.05, 0.1) is 24.8 Å². The molecule has 0 saturated carbocycles. The standard InChI is InChI=1S/C21H23NO3/c1-3-4-20(23-14-21(2)15-24-21)25-19-11-9-18(10-12-19)17-7-5-16(13-22)6-8-17/h5-12,20H,3-4,14-15H2,1-2H3. The Morgan fingerprint density at radius 1 is 1.12 bits per heavy atom. The summed E-state index contributed by atoms with van der Waals surface area (Å²) >= 11 is 0. The molecule has 0 amide bonds.